The lowest BCUT2D eigenvalue weighted by Crippen LogP contribution is -2.24. The lowest BCUT2D eigenvalue weighted by molar-refractivity contribution is 0.550. The first kappa shape index (κ1) is 10.6. The van der Waals surface area contributed by atoms with Crippen molar-refractivity contribution in [1.82, 2.24) is 0 Å². The molecule has 0 amide bonds. The normalized spacial score (nSPS) is 27.4. The zero-order chi connectivity index (χ0) is 12.4. The quantitative estimate of drug-likeness (QED) is 0.669. The zero-order valence-electron chi connectivity index (χ0n) is 11.0. The Hall–Kier alpha value is -1.50. The molecular formula is C16H19N. The molecule has 3 aliphatic rings. The van der Waals surface area contributed by atoms with Crippen LogP contribution in [0.3, 0.4) is 0 Å². The molecule has 0 unspecified atom stereocenters. The third kappa shape index (κ3) is 1.25. The second-order valence-corrected chi connectivity index (χ2v) is 6.33. The fourth-order valence-electron chi connectivity index (χ4n) is 3.07. The van der Waals surface area contributed by atoms with Gasteiger partial charge in [-0.15, -0.1) is 0 Å². The van der Waals surface area contributed by atoms with E-state index < -0.39 is 0 Å². The van der Waals surface area contributed by atoms with Gasteiger partial charge >= 0.3 is 0 Å². The number of nitrogens with two attached hydrogens (primary N) is 1. The second kappa shape index (κ2) is 2.84. The van der Waals surface area contributed by atoms with Gasteiger partial charge in [-0.05, 0) is 28.4 Å². The molecule has 3 rings (SSSR count). The first-order valence-electron chi connectivity index (χ1n) is 6.19. The Kier molecular flexibility index (Phi) is 1.78. The fourth-order valence-corrected chi connectivity index (χ4v) is 3.07. The highest BCUT2D eigenvalue weighted by Crippen LogP contribution is 2.53. The monoisotopic (exact) mass is 225 g/mol. The van der Waals surface area contributed by atoms with Crippen LogP contribution in [0.1, 0.15) is 27.7 Å². The van der Waals surface area contributed by atoms with Crippen LogP contribution in [0.2, 0.25) is 0 Å². The third-order valence-corrected chi connectivity index (χ3v) is 4.09. The molecule has 1 nitrogen and oxygen atoms in total. The molecule has 0 radical (unpaired) electrons. The maximum Gasteiger partial charge on any atom is 0.0364 e. The molecule has 0 atom stereocenters. The smallest absolute Gasteiger partial charge is 0.0364 e. The molecule has 0 saturated carbocycles. The average molecular weight is 225 g/mol. The summed E-state index contributed by atoms with van der Waals surface area (Å²) in [7, 11) is 0. The topological polar surface area (TPSA) is 26.0 Å². The Labute approximate surface area is 103 Å². The minimum atomic E-state index is 0.0441. The van der Waals surface area contributed by atoms with Crippen molar-refractivity contribution in [2.45, 2.75) is 27.7 Å². The molecule has 0 saturated heterocycles. The number of hydrogen-bond acceptors (Lipinski definition) is 1. The van der Waals surface area contributed by atoms with E-state index in [2.05, 4.69) is 58.1 Å². The van der Waals surface area contributed by atoms with Gasteiger partial charge in [0.05, 0.1) is 0 Å². The predicted octanol–water partition coefficient (Wildman–Crippen LogP) is 3.63. The number of rotatable bonds is 0. The summed E-state index contributed by atoms with van der Waals surface area (Å²) in [5.74, 6) is 0. The molecule has 17 heavy (non-hydrogen) atoms. The van der Waals surface area contributed by atoms with Crippen molar-refractivity contribution in [2.24, 2.45) is 16.6 Å². The van der Waals surface area contributed by atoms with Gasteiger partial charge in [0.25, 0.3) is 0 Å². The Morgan fingerprint density at radius 2 is 1.53 bits per heavy atom. The van der Waals surface area contributed by atoms with Crippen molar-refractivity contribution in [3.63, 3.8) is 0 Å². The van der Waals surface area contributed by atoms with Crippen LogP contribution in [0.15, 0.2) is 58.4 Å². The Morgan fingerprint density at radius 3 is 2.18 bits per heavy atom. The van der Waals surface area contributed by atoms with Crippen LogP contribution in [0, 0.1) is 10.8 Å². The van der Waals surface area contributed by atoms with Crippen molar-refractivity contribution >= 4 is 0 Å². The van der Waals surface area contributed by atoms with Gasteiger partial charge in [-0.3, -0.25) is 0 Å². The van der Waals surface area contributed by atoms with Crippen LogP contribution in [0.25, 0.3) is 0 Å². The van der Waals surface area contributed by atoms with Gasteiger partial charge in [0.2, 0.25) is 0 Å². The van der Waals surface area contributed by atoms with Gasteiger partial charge in [0, 0.05) is 16.5 Å². The van der Waals surface area contributed by atoms with Gasteiger partial charge < -0.3 is 5.73 Å². The van der Waals surface area contributed by atoms with Crippen molar-refractivity contribution in [2.75, 3.05) is 0 Å². The summed E-state index contributed by atoms with van der Waals surface area (Å²) in [4.78, 5) is 0. The summed E-state index contributed by atoms with van der Waals surface area (Å²) < 4.78 is 0. The van der Waals surface area contributed by atoms with Crippen LogP contribution in [-0.4, -0.2) is 0 Å². The first-order chi connectivity index (χ1) is 7.83. The van der Waals surface area contributed by atoms with Crippen molar-refractivity contribution < 1.29 is 0 Å². The van der Waals surface area contributed by atoms with Gasteiger partial charge in [0.1, 0.15) is 0 Å². The van der Waals surface area contributed by atoms with Gasteiger partial charge in [-0.1, -0.05) is 52.0 Å². The molecule has 0 aromatic rings. The van der Waals surface area contributed by atoms with E-state index in [1.165, 1.54) is 22.3 Å². The fraction of sp³-hybridized carbons (Fsp3) is 0.375. The van der Waals surface area contributed by atoms with Crippen molar-refractivity contribution in [1.29, 1.82) is 0 Å². The van der Waals surface area contributed by atoms with E-state index in [4.69, 9.17) is 5.73 Å². The van der Waals surface area contributed by atoms with Crippen LogP contribution < -0.4 is 5.73 Å². The van der Waals surface area contributed by atoms with Crippen molar-refractivity contribution in [3.8, 4) is 0 Å². The van der Waals surface area contributed by atoms with Crippen molar-refractivity contribution in [3.05, 3.63) is 58.4 Å². The highest BCUT2D eigenvalue weighted by Gasteiger charge is 2.40. The average Bonchev–Trinajstić information content (AvgIpc) is 2.56. The molecule has 0 aliphatic heterocycles. The summed E-state index contributed by atoms with van der Waals surface area (Å²) in [6.45, 7) is 8.97. The molecule has 0 bridgehead atoms. The Bertz CT molecular complexity index is 556. The van der Waals surface area contributed by atoms with E-state index in [0.717, 1.165) is 5.70 Å². The molecule has 0 heterocycles. The minimum absolute atomic E-state index is 0.0441. The molecule has 0 aromatic carbocycles. The molecule has 2 N–H and O–H groups in total. The summed E-state index contributed by atoms with van der Waals surface area (Å²) in [6, 6.07) is 0. The summed E-state index contributed by atoms with van der Waals surface area (Å²) in [5.41, 5.74) is 12.7. The Balaban J connectivity index is 2.29. The highest BCUT2D eigenvalue weighted by molar-refractivity contribution is 5.72. The van der Waals surface area contributed by atoms with E-state index in [9.17, 15) is 0 Å². The van der Waals surface area contributed by atoms with Gasteiger partial charge in [0.15, 0.2) is 0 Å². The maximum atomic E-state index is 6.25. The second-order valence-electron chi connectivity index (χ2n) is 6.33. The van der Waals surface area contributed by atoms with E-state index in [-0.39, 0.29) is 10.8 Å². The number of allylic oxidation sites excluding steroid dienone is 9. The lowest BCUT2D eigenvalue weighted by atomic mass is 9.67. The van der Waals surface area contributed by atoms with E-state index in [1.807, 2.05) is 0 Å². The lowest BCUT2D eigenvalue weighted by Gasteiger charge is -2.36. The minimum Gasteiger partial charge on any atom is -0.398 e. The summed E-state index contributed by atoms with van der Waals surface area (Å²) >= 11 is 0. The zero-order valence-corrected chi connectivity index (χ0v) is 11.0. The third-order valence-electron chi connectivity index (χ3n) is 4.09. The van der Waals surface area contributed by atoms with Gasteiger partial charge in [-0.2, -0.15) is 0 Å². The first-order valence-corrected chi connectivity index (χ1v) is 6.19. The highest BCUT2D eigenvalue weighted by atomic mass is 14.6. The molecule has 0 fully saturated rings. The standard InChI is InChI=1S/C16H19N/c1-15(2)7-5-10-6-8-16(3,4)14-12(17)9-11(15)13(10)14/h5-9H,17H2,1-4H3. The summed E-state index contributed by atoms with van der Waals surface area (Å²) in [6.07, 6.45) is 11.2. The molecule has 1 heteroatoms. The maximum absolute atomic E-state index is 6.25. The van der Waals surface area contributed by atoms with Crippen LogP contribution in [0.5, 0.6) is 0 Å². The molecular weight excluding hydrogens is 206 g/mol. The van der Waals surface area contributed by atoms with E-state index >= 15 is 0 Å². The van der Waals surface area contributed by atoms with Crippen LogP contribution in [0.4, 0.5) is 0 Å². The van der Waals surface area contributed by atoms with Gasteiger partial charge in [-0.25, -0.2) is 0 Å². The Morgan fingerprint density at radius 1 is 0.941 bits per heavy atom. The predicted molar refractivity (Wildman–Crippen MR) is 72.2 cm³/mol. The van der Waals surface area contributed by atoms with E-state index in [1.54, 1.807) is 0 Å². The summed E-state index contributed by atoms with van der Waals surface area (Å²) in [5, 5.41) is 0. The molecule has 88 valence electrons. The van der Waals surface area contributed by atoms with E-state index in [0.29, 0.717) is 0 Å². The SMILES string of the molecule is CC1(C)C=CC2=C3C1=CC(N)=C3C(C)(C)C=C2. The molecule has 0 spiro atoms. The molecule has 3 aliphatic carbocycles. The van der Waals surface area contributed by atoms with Crippen LogP contribution >= 0.6 is 0 Å². The largest absolute Gasteiger partial charge is 0.398 e. The number of hydrogen-bond donors (Lipinski definition) is 1. The van der Waals surface area contributed by atoms with Crippen LogP contribution in [-0.2, 0) is 0 Å². The molecule has 0 aromatic heterocycles.